The van der Waals surface area contributed by atoms with Crippen LogP contribution in [0.15, 0.2) is 60.8 Å². The Morgan fingerprint density at radius 2 is 1.80 bits per heavy atom. The van der Waals surface area contributed by atoms with Gasteiger partial charge >= 0.3 is 6.36 Å². The van der Waals surface area contributed by atoms with Crippen molar-refractivity contribution in [1.82, 2.24) is 14.7 Å². The quantitative estimate of drug-likeness (QED) is 0.243. The molecule has 2 aromatic heterocycles. The summed E-state index contributed by atoms with van der Waals surface area (Å²) in [6.07, 6.45) is -0.700. The summed E-state index contributed by atoms with van der Waals surface area (Å²) in [6, 6.07) is 15.3. The summed E-state index contributed by atoms with van der Waals surface area (Å²) in [5.74, 6) is -0.213. The van der Waals surface area contributed by atoms with E-state index in [0.717, 1.165) is 42.7 Å². The number of fused-ring (bicyclic) bond motifs is 1. The fourth-order valence-corrected chi connectivity index (χ4v) is 5.66. The molecule has 3 heterocycles. The first-order chi connectivity index (χ1) is 19.1. The number of alkyl halides is 3. The number of nitrogens with one attached hydrogen (secondary N) is 1. The number of carbonyl (C=O) groups is 1. The first-order valence-corrected chi connectivity index (χ1v) is 13.7. The van der Waals surface area contributed by atoms with Gasteiger partial charge in [-0.1, -0.05) is 42.3 Å². The van der Waals surface area contributed by atoms with Crippen LogP contribution in [0.2, 0.25) is 10.0 Å². The third kappa shape index (κ3) is 6.31. The van der Waals surface area contributed by atoms with Gasteiger partial charge in [-0.3, -0.25) is 9.20 Å². The minimum Gasteiger partial charge on any atom is -0.406 e. The molecule has 0 spiro atoms. The fraction of sp³-hybridized carbons (Fsp3) is 0.310. The van der Waals surface area contributed by atoms with Crippen LogP contribution in [-0.2, 0) is 13.0 Å². The van der Waals surface area contributed by atoms with Crippen LogP contribution in [0.1, 0.15) is 53.0 Å². The monoisotopic (exact) mass is 590 g/mol. The van der Waals surface area contributed by atoms with E-state index in [1.54, 1.807) is 34.9 Å². The molecule has 40 heavy (non-hydrogen) atoms. The molecule has 1 N–H and O–H groups in total. The molecule has 0 saturated carbocycles. The highest BCUT2D eigenvalue weighted by Gasteiger charge is 2.31. The van der Waals surface area contributed by atoms with Gasteiger partial charge in [0.25, 0.3) is 5.91 Å². The molecular formula is C29H27Cl2F3N4O2. The Hall–Kier alpha value is -3.43. The number of hydrogen-bond donors (Lipinski definition) is 1. The maximum Gasteiger partial charge on any atom is 0.573 e. The van der Waals surface area contributed by atoms with Crippen LogP contribution in [0.25, 0.3) is 5.65 Å². The molecule has 0 atom stereocenters. The van der Waals surface area contributed by atoms with Gasteiger partial charge in [0.1, 0.15) is 17.1 Å². The number of nitrogens with zero attached hydrogens (tertiary/aromatic N) is 3. The van der Waals surface area contributed by atoms with Crippen molar-refractivity contribution in [2.24, 2.45) is 0 Å². The second-order valence-corrected chi connectivity index (χ2v) is 10.5. The topological polar surface area (TPSA) is 58.9 Å². The second-order valence-electron chi connectivity index (χ2n) is 9.68. The molecule has 1 amide bonds. The predicted molar refractivity (Wildman–Crippen MR) is 150 cm³/mol. The molecule has 2 aromatic carbocycles. The van der Waals surface area contributed by atoms with Crippen LogP contribution >= 0.6 is 23.2 Å². The molecule has 1 aliphatic rings. The van der Waals surface area contributed by atoms with E-state index < -0.39 is 6.36 Å². The lowest BCUT2D eigenvalue weighted by molar-refractivity contribution is -0.274. The summed E-state index contributed by atoms with van der Waals surface area (Å²) in [7, 11) is 0. The molecule has 0 aliphatic carbocycles. The molecule has 1 aliphatic heterocycles. The largest absolute Gasteiger partial charge is 0.573 e. The molecule has 0 bridgehead atoms. The van der Waals surface area contributed by atoms with Gasteiger partial charge in [-0.15, -0.1) is 13.2 Å². The van der Waals surface area contributed by atoms with E-state index in [0.29, 0.717) is 40.0 Å². The predicted octanol–water partition coefficient (Wildman–Crippen LogP) is 7.42. The minimum atomic E-state index is -4.71. The van der Waals surface area contributed by atoms with Crippen LogP contribution in [-0.4, -0.2) is 34.7 Å². The SMILES string of the molecule is CCc1nc2ccc(Cl)cn2c1C(=O)NCc1ccc(C2CCN(c3ccc(OC(F)(F)F)cc3)CC2)c(Cl)c1. The zero-order chi connectivity index (χ0) is 28.4. The highest BCUT2D eigenvalue weighted by molar-refractivity contribution is 6.31. The van der Waals surface area contributed by atoms with Crippen LogP contribution in [0.5, 0.6) is 5.75 Å². The number of aryl methyl sites for hydroxylation is 1. The van der Waals surface area contributed by atoms with E-state index in [-0.39, 0.29) is 17.6 Å². The van der Waals surface area contributed by atoms with Gasteiger partial charge < -0.3 is 15.0 Å². The summed E-state index contributed by atoms with van der Waals surface area (Å²) in [5.41, 5.74) is 4.62. The standard InChI is InChI=1S/C29H27Cl2F3N4O2/c1-2-25-27(38-17-20(30)4-10-26(38)36-25)28(39)35-16-18-3-9-23(24(31)15-18)19-11-13-37(14-12-19)21-5-7-22(8-6-21)40-29(32,33)34/h3-10,15,17,19H,2,11-14,16H2,1H3,(H,35,39). The number of rotatable bonds is 7. The summed E-state index contributed by atoms with van der Waals surface area (Å²) >= 11 is 12.8. The molecule has 6 nitrogen and oxygen atoms in total. The van der Waals surface area contributed by atoms with Crippen LogP contribution < -0.4 is 15.0 Å². The average molecular weight is 591 g/mol. The minimum absolute atomic E-state index is 0.233. The van der Waals surface area contributed by atoms with E-state index in [4.69, 9.17) is 23.2 Å². The molecule has 5 rings (SSSR count). The van der Waals surface area contributed by atoms with E-state index in [9.17, 15) is 18.0 Å². The van der Waals surface area contributed by atoms with Gasteiger partial charge in [0.05, 0.1) is 10.7 Å². The van der Waals surface area contributed by atoms with Crippen molar-refractivity contribution in [2.75, 3.05) is 18.0 Å². The number of amides is 1. The van der Waals surface area contributed by atoms with E-state index >= 15 is 0 Å². The van der Waals surface area contributed by atoms with Crippen LogP contribution in [0, 0.1) is 0 Å². The lowest BCUT2D eigenvalue weighted by Gasteiger charge is -2.34. The maximum atomic E-state index is 13.1. The number of pyridine rings is 1. The van der Waals surface area contributed by atoms with E-state index in [1.807, 2.05) is 25.1 Å². The Morgan fingerprint density at radius 1 is 1.07 bits per heavy atom. The van der Waals surface area contributed by atoms with Crippen molar-refractivity contribution in [3.8, 4) is 5.75 Å². The van der Waals surface area contributed by atoms with Gasteiger partial charge in [0, 0.05) is 36.5 Å². The first kappa shape index (κ1) is 28.1. The molecule has 11 heteroatoms. The zero-order valence-electron chi connectivity index (χ0n) is 21.6. The number of hydrogen-bond acceptors (Lipinski definition) is 4. The number of aromatic nitrogens is 2. The number of ether oxygens (including phenoxy) is 1. The number of piperidine rings is 1. The van der Waals surface area contributed by atoms with Crippen LogP contribution in [0.4, 0.5) is 18.9 Å². The Morgan fingerprint density at radius 3 is 2.45 bits per heavy atom. The highest BCUT2D eigenvalue weighted by Crippen LogP contribution is 2.35. The molecule has 4 aromatic rings. The molecular weight excluding hydrogens is 564 g/mol. The summed E-state index contributed by atoms with van der Waals surface area (Å²) < 4.78 is 42.9. The molecule has 0 unspecified atom stereocenters. The normalized spacial score (nSPS) is 14.5. The van der Waals surface area contributed by atoms with E-state index in [1.165, 1.54) is 12.1 Å². The second kappa shape index (κ2) is 11.6. The van der Waals surface area contributed by atoms with Gasteiger partial charge in [-0.2, -0.15) is 0 Å². The Balaban J connectivity index is 1.19. The smallest absolute Gasteiger partial charge is 0.406 e. The van der Waals surface area contributed by atoms with Crippen molar-refractivity contribution < 1.29 is 22.7 Å². The zero-order valence-corrected chi connectivity index (χ0v) is 23.2. The lowest BCUT2D eigenvalue weighted by atomic mass is 9.88. The number of halogens is 5. The molecule has 0 radical (unpaired) electrons. The van der Waals surface area contributed by atoms with Gasteiger partial charge in [0.15, 0.2) is 0 Å². The lowest BCUT2D eigenvalue weighted by Crippen LogP contribution is -2.33. The van der Waals surface area contributed by atoms with Crippen molar-refractivity contribution in [3.63, 3.8) is 0 Å². The number of imidazole rings is 1. The summed E-state index contributed by atoms with van der Waals surface area (Å²) in [4.78, 5) is 19.8. The highest BCUT2D eigenvalue weighted by atomic mass is 35.5. The van der Waals surface area contributed by atoms with Gasteiger partial charge in [0.2, 0.25) is 0 Å². The molecule has 1 fully saturated rings. The van der Waals surface area contributed by atoms with Gasteiger partial charge in [-0.25, -0.2) is 4.98 Å². The van der Waals surface area contributed by atoms with Gasteiger partial charge in [-0.05, 0) is 78.8 Å². The molecule has 1 saturated heterocycles. The van der Waals surface area contributed by atoms with Crippen molar-refractivity contribution in [2.45, 2.75) is 45.0 Å². The van der Waals surface area contributed by atoms with Crippen molar-refractivity contribution >= 4 is 40.4 Å². The Kier molecular flexibility index (Phi) is 8.14. The number of benzene rings is 2. The van der Waals surface area contributed by atoms with Crippen molar-refractivity contribution in [3.05, 3.63) is 93.4 Å². The Bertz CT molecular complexity index is 1510. The number of anilines is 1. The van der Waals surface area contributed by atoms with E-state index in [2.05, 4.69) is 19.9 Å². The molecule has 210 valence electrons. The Labute approximate surface area is 239 Å². The average Bonchev–Trinajstić information content (AvgIpc) is 3.29. The first-order valence-electron chi connectivity index (χ1n) is 12.9. The summed E-state index contributed by atoms with van der Waals surface area (Å²) in [6.45, 7) is 3.76. The van der Waals surface area contributed by atoms with Crippen molar-refractivity contribution in [1.29, 1.82) is 0 Å². The van der Waals surface area contributed by atoms with Crippen LogP contribution in [0.3, 0.4) is 0 Å². The number of carbonyl (C=O) groups excluding carboxylic acids is 1. The third-order valence-electron chi connectivity index (χ3n) is 7.09. The third-order valence-corrected chi connectivity index (χ3v) is 7.64. The maximum absolute atomic E-state index is 13.1. The summed E-state index contributed by atoms with van der Waals surface area (Å²) in [5, 5.41) is 4.14. The fourth-order valence-electron chi connectivity index (χ4n) is 5.14.